The molecule has 1 rings (SSSR count). The van der Waals surface area contributed by atoms with E-state index >= 15 is 0 Å². The van der Waals surface area contributed by atoms with Crippen LogP contribution in [0.4, 0.5) is 4.39 Å². The summed E-state index contributed by atoms with van der Waals surface area (Å²) in [5, 5.41) is 11.3. The summed E-state index contributed by atoms with van der Waals surface area (Å²) in [7, 11) is 1.34. The van der Waals surface area contributed by atoms with E-state index in [0.29, 0.717) is 5.56 Å². The van der Waals surface area contributed by atoms with Gasteiger partial charge < -0.3 is 15.2 Å². The number of carboxylic acids is 1. The molecule has 98 valence electrons. The number of hydrogen-bond donors (Lipinski definition) is 2. The van der Waals surface area contributed by atoms with Gasteiger partial charge in [-0.3, -0.25) is 4.79 Å². The molecule has 0 aromatic heterocycles. The van der Waals surface area contributed by atoms with Gasteiger partial charge in [-0.25, -0.2) is 9.18 Å². The molecule has 1 atom stereocenters. The second-order valence-corrected chi connectivity index (χ2v) is 3.73. The lowest BCUT2D eigenvalue weighted by Gasteiger charge is -2.14. The number of benzene rings is 1. The van der Waals surface area contributed by atoms with E-state index in [0.717, 1.165) is 0 Å². The van der Waals surface area contributed by atoms with Crippen molar-refractivity contribution in [2.75, 3.05) is 13.7 Å². The Morgan fingerprint density at radius 2 is 2.22 bits per heavy atom. The minimum Gasteiger partial charge on any atom is -0.480 e. The van der Waals surface area contributed by atoms with E-state index in [1.165, 1.54) is 25.3 Å². The Balaban J connectivity index is 2.69. The van der Waals surface area contributed by atoms with Gasteiger partial charge in [-0.05, 0) is 17.7 Å². The van der Waals surface area contributed by atoms with E-state index in [-0.39, 0.29) is 13.0 Å². The highest BCUT2D eigenvalue weighted by Gasteiger charge is 2.20. The lowest BCUT2D eigenvalue weighted by molar-refractivity contribution is -0.142. The van der Waals surface area contributed by atoms with Crippen LogP contribution in [0, 0.1) is 5.82 Å². The highest BCUT2D eigenvalue weighted by Crippen LogP contribution is 2.06. The van der Waals surface area contributed by atoms with Crippen molar-refractivity contribution in [2.45, 2.75) is 12.5 Å². The van der Waals surface area contributed by atoms with Crippen LogP contribution in [0.2, 0.25) is 0 Å². The zero-order chi connectivity index (χ0) is 13.5. The van der Waals surface area contributed by atoms with E-state index in [2.05, 4.69) is 10.1 Å². The summed E-state index contributed by atoms with van der Waals surface area (Å²) in [4.78, 5) is 22.2. The first kappa shape index (κ1) is 14.1. The molecule has 0 aliphatic rings. The van der Waals surface area contributed by atoms with Gasteiger partial charge in [-0.15, -0.1) is 0 Å². The summed E-state index contributed by atoms with van der Waals surface area (Å²) in [5.41, 5.74) is 0.500. The largest absolute Gasteiger partial charge is 0.480 e. The SMILES string of the molecule is COCC(=O)N[C@@H](Cc1cccc(F)c1)C(=O)O. The third-order valence-corrected chi connectivity index (χ3v) is 2.24. The zero-order valence-electron chi connectivity index (χ0n) is 9.85. The summed E-state index contributed by atoms with van der Waals surface area (Å²) in [6, 6.07) is 4.48. The maximum absolute atomic E-state index is 12.9. The van der Waals surface area contributed by atoms with Crippen molar-refractivity contribution in [2.24, 2.45) is 0 Å². The second kappa shape index (κ2) is 6.70. The van der Waals surface area contributed by atoms with Crippen molar-refractivity contribution in [3.05, 3.63) is 35.6 Å². The standard InChI is InChI=1S/C12H14FNO4/c1-18-7-11(15)14-10(12(16)17)6-8-3-2-4-9(13)5-8/h2-5,10H,6-7H2,1H3,(H,14,15)(H,16,17)/t10-/m0/s1. The number of carbonyl (C=O) groups is 2. The number of amides is 1. The monoisotopic (exact) mass is 255 g/mol. The molecular formula is C12H14FNO4. The number of rotatable bonds is 6. The van der Waals surface area contributed by atoms with E-state index in [4.69, 9.17) is 5.11 Å². The number of halogens is 1. The van der Waals surface area contributed by atoms with Crippen LogP contribution in [0.1, 0.15) is 5.56 Å². The smallest absolute Gasteiger partial charge is 0.326 e. The summed E-state index contributed by atoms with van der Waals surface area (Å²) >= 11 is 0. The lowest BCUT2D eigenvalue weighted by atomic mass is 10.1. The van der Waals surface area contributed by atoms with E-state index < -0.39 is 23.7 Å². The molecule has 0 saturated carbocycles. The molecule has 18 heavy (non-hydrogen) atoms. The Morgan fingerprint density at radius 3 is 2.78 bits per heavy atom. The minimum absolute atomic E-state index is 0.0164. The zero-order valence-corrected chi connectivity index (χ0v) is 9.85. The molecule has 0 spiro atoms. The molecule has 1 aromatic carbocycles. The predicted octanol–water partition coefficient (Wildman–Crippen LogP) is 0.584. The van der Waals surface area contributed by atoms with Crippen molar-refractivity contribution in [3.63, 3.8) is 0 Å². The van der Waals surface area contributed by atoms with Gasteiger partial charge in [0.2, 0.25) is 5.91 Å². The minimum atomic E-state index is -1.18. The number of nitrogens with one attached hydrogen (secondary N) is 1. The molecule has 1 aromatic rings. The summed E-state index contributed by atoms with van der Waals surface area (Å²) in [6.07, 6.45) is 0.0164. The van der Waals surface area contributed by atoms with E-state index in [1.54, 1.807) is 6.07 Å². The number of carboxylic acid groups (broad SMARTS) is 1. The average Bonchev–Trinajstić information content (AvgIpc) is 2.28. The van der Waals surface area contributed by atoms with Gasteiger partial charge in [0.25, 0.3) is 0 Å². The highest BCUT2D eigenvalue weighted by atomic mass is 19.1. The first-order valence-electron chi connectivity index (χ1n) is 5.28. The Kier molecular flexibility index (Phi) is 5.26. The molecule has 0 bridgehead atoms. The molecule has 5 nitrogen and oxygen atoms in total. The number of hydrogen-bond acceptors (Lipinski definition) is 3. The van der Waals surface area contributed by atoms with Crippen LogP contribution >= 0.6 is 0 Å². The van der Waals surface area contributed by atoms with Gasteiger partial charge in [-0.1, -0.05) is 12.1 Å². The Bertz CT molecular complexity index is 436. The van der Waals surface area contributed by atoms with Gasteiger partial charge in [0, 0.05) is 13.5 Å². The Morgan fingerprint density at radius 1 is 1.50 bits per heavy atom. The van der Waals surface area contributed by atoms with Crippen molar-refractivity contribution in [1.82, 2.24) is 5.32 Å². The van der Waals surface area contributed by atoms with E-state index in [1.807, 2.05) is 0 Å². The molecular weight excluding hydrogens is 241 g/mol. The van der Waals surface area contributed by atoms with Gasteiger partial charge >= 0.3 is 5.97 Å². The average molecular weight is 255 g/mol. The molecule has 0 heterocycles. The Labute approximate surface area is 104 Å². The van der Waals surface area contributed by atoms with Gasteiger partial charge in [0.15, 0.2) is 0 Å². The van der Waals surface area contributed by atoms with Crippen molar-refractivity contribution >= 4 is 11.9 Å². The van der Waals surface area contributed by atoms with Crippen LogP contribution < -0.4 is 5.32 Å². The molecule has 0 aliphatic carbocycles. The molecule has 0 fully saturated rings. The van der Waals surface area contributed by atoms with E-state index in [9.17, 15) is 14.0 Å². The first-order valence-corrected chi connectivity index (χ1v) is 5.28. The molecule has 0 unspecified atom stereocenters. The topological polar surface area (TPSA) is 75.6 Å². The lowest BCUT2D eigenvalue weighted by Crippen LogP contribution is -2.43. The van der Waals surface area contributed by atoms with Crippen LogP contribution in [-0.4, -0.2) is 36.7 Å². The van der Waals surface area contributed by atoms with Crippen LogP contribution in [-0.2, 0) is 20.7 Å². The normalized spacial score (nSPS) is 11.9. The summed E-state index contributed by atoms with van der Waals surface area (Å²) in [6.45, 7) is -0.215. The summed E-state index contributed by atoms with van der Waals surface area (Å²) < 4.78 is 17.5. The number of methoxy groups -OCH3 is 1. The van der Waals surface area contributed by atoms with Gasteiger partial charge in [0.1, 0.15) is 18.5 Å². The molecule has 2 N–H and O–H groups in total. The van der Waals surface area contributed by atoms with Crippen LogP contribution in [0.25, 0.3) is 0 Å². The van der Waals surface area contributed by atoms with Crippen molar-refractivity contribution < 1.29 is 23.8 Å². The fourth-order valence-electron chi connectivity index (χ4n) is 1.47. The molecule has 0 aliphatic heterocycles. The van der Waals surface area contributed by atoms with Gasteiger partial charge in [0.05, 0.1) is 0 Å². The molecule has 6 heteroatoms. The molecule has 0 radical (unpaired) electrons. The van der Waals surface area contributed by atoms with Crippen LogP contribution in [0.15, 0.2) is 24.3 Å². The molecule has 0 saturated heterocycles. The maximum atomic E-state index is 12.9. The van der Waals surface area contributed by atoms with Crippen molar-refractivity contribution in [3.8, 4) is 0 Å². The van der Waals surface area contributed by atoms with Crippen LogP contribution in [0.3, 0.4) is 0 Å². The fourth-order valence-corrected chi connectivity index (χ4v) is 1.47. The first-order chi connectivity index (χ1) is 8.52. The van der Waals surface area contributed by atoms with Gasteiger partial charge in [-0.2, -0.15) is 0 Å². The second-order valence-electron chi connectivity index (χ2n) is 3.73. The predicted molar refractivity (Wildman–Crippen MR) is 61.5 cm³/mol. The quantitative estimate of drug-likeness (QED) is 0.779. The highest BCUT2D eigenvalue weighted by molar-refractivity contribution is 5.84. The number of carbonyl (C=O) groups excluding carboxylic acids is 1. The Hall–Kier alpha value is -1.95. The maximum Gasteiger partial charge on any atom is 0.326 e. The summed E-state index contributed by atoms with van der Waals surface area (Å²) in [5.74, 6) is -2.15. The fraction of sp³-hybridized carbons (Fsp3) is 0.333. The number of ether oxygens (including phenoxy) is 1. The van der Waals surface area contributed by atoms with Crippen LogP contribution in [0.5, 0.6) is 0 Å². The third kappa shape index (κ3) is 4.50. The number of aliphatic carboxylic acids is 1. The van der Waals surface area contributed by atoms with Crippen molar-refractivity contribution in [1.29, 1.82) is 0 Å². The third-order valence-electron chi connectivity index (χ3n) is 2.24. The molecule has 1 amide bonds.